The summed E-state index contributed by atoms with van der Waals surface area (Å²) < 4.78 is 10.9. The minimum Gasteiger partial charge on any atom is -0.494 e. The third-order valence-electron chi connectivity index (χ3n) is 3.63. The highest BCUT2D eigenvalue weighted by molar-refractivity contribution is 5.83. The van der Waals surface area contributed by atoms with Gasteiger partial charge < -0.3 is 19.9 Å². The van der Waals surface area contributed by atoms with Crippen LogP contribution in [0.4, 0.5) is 0 Å². The Morgan fingerprint density at radius 1 is 1.22 bits per heavy atom. The molecule has 2 N–H and O–H groups in total. The summed E-state index contributed by atoms with van der Waals surface area (Å²) in [5.41, 5.74) is 0. The van der Waals surface area contributed by atoms with Crippen LogP contribution in [0.15, 0.2) is 24.3 Å². The highest BCUT2D eigenvalue weighted by Gasteiger charge is 2.37. The van der Waals surface area contributed by atoms with Crippen molar-refractivity contribution in [2.45, 2.75) is 38.6 Å². The lowest BCUT2D eigenvalue weighted by Crippen LogP contribution is -2.42. The predicted molar refractivity (Wildman–Crippen MR) is 84.6 cm³/mol. The van der Waals surface area contributed by atoms with E-state index in [0.29, 0.717) is 19.6 Å². The minimum absolute atomic E-state index is 0.0940. The first-order valence-electron chi connectivity index (χ1n) is 7.98. The van der Waals surface area contributed by atoms with Gasteiger partial charge in [-0.1, -0.05) is 0 Å². The van der Waals surface area contributed by atoms with Gasteiger partial charge in [-0.3, -0.25) is 4.79 Å². The molecule has 126 valence electrons. The Kier molecular flexibility index (Phi) is 6.26. The van der Waals surface area contributed by atoms with Gasteiger partial charge in [-0.2, -0.15) is 0 Å². The fraction of sp³-hybridized carbons (Fsp3) is 0.529. The Morgan fingerprint density at radius 3 is 2.35 bits per heavy atom. The second kappa shape index (κ2) is 8.41. The Morgan fingerprint density at radius 2 is 1.83 bits per heavy atom. The van der Waals surface area contributed by atoms with Gasteiger partial charge in [-0.25, -0.2) is 4.79 Å². The van der Waals surface area contributed by atoms with Gasteiger partial charge in [0, 0.05) is 6.42 Å². The molecule has 1 aliphatic carbocycles. The van der Waals surface area contributed by atoms with E-state index >= 15 is 0 Å². The van der Waals surface area contributed by atoms with Crippen molar-refractivity contribution in [2.75, 3.05) is 13.2 Å². The number of nitrogens with one attached hydrogen (secondary N) is 1. The van der Waals surface area contributed by atoms with Crippen LogP contribution < -0.4 is 14.8 Å². The number of aliphatic carboxylic acids is 1. The number of carbonyl (C=O) groups excluding carboxylic acids is 1. The minimum atomic E-state index is -0.952. The summed E-state index contributed by atoms with van der Waals surface area (Å²) >= 11 is 0. The molecule has 0 aromatic heterocycles. The fourth-order valence-corrected chi connectivity index (χ4v) is 2.28. The third kappa shape index (κ3) is 5.81. The van der Waals surface area contributed by atoms with Crippen LogP contribution in [0.2, 0.25) is 0 Å². The molecule has 0 bridgehead atoms. The van der Waals surface area contributed by atoms with Gasteiger partial charge in [0.25, 0.3) is 0 Å². The number of rotatable bonds is 10. The molecule has 1 atom stereocenters. The van der Waals surface area contributed by atoms with Crippen LogP contribution >= 0.6 is 0 Å². The standard InChI is InChI=1S/C17H23NO5/c1-2-22-13-7-9-14(10-8-13)23-11-3-4-15(19)18-16(17(20)21)12-5-6-12/h7-10,12,16H,2-6,11H2,1H3,(H,18,19)(H,20,21). The van der Waals surface area contributed by atoms with Gasteiger partial charge in [0.05, 0.1) is 13.2 Å². The van der Waals surface area contributed by atoms with E-state index in [1.54, 1.807) is 0 Å². The van der Waals surface area contributed by atoms with Crippen LogP contribution in [0.3, 0.4) is 0 Å². The van der Waals surface area contributed by atoms with E-state index in [1.807, 2.05) is 31.2 Å². The van der Waals surface area contributed by atoms with E-state index in [1.165, 1.54) is 0 Å². The topological polar surface area (TPSA) is 84.9 Å². The lowest BCUT2D eigenvalue weighted by atomic mass is 10.2. The number of carboxylic acids is 1. The first kappa shape index (κ1) is 17.1. The molecule has 0 aliphatic heterocycles. The number of carbonyl (C=O) groups is 2. The third-order valence-corrected chi connectivity index (χ3v) is 3.63. The molecular formula is C17H23NO5. The zero-order valence-corrected chi connectivity index (χ0v) is 13.3. The smallest absolute Gasteiger partial charge is 0.326 e. The molecule has 1 aromatic carbocycles. The Hall–Kier alpha value is -2.24. The van der Waals surface area contributed by atoms with E-state index < -0.39 is 12.0 Å². The summed E-state index contributed by atoms with van der Waals surface area (Å²) in [6.45, 7) is 2.95. The number of carboxylic acid groups (broad SMARTS) is 1. The van der Waals surface area contributed by atoms with Gasteiger partial charge in [-0.15, -0.1) is 0 Å². The number of hydrogen-bond donors (Lipinski definition) is 2. The van der Waals surface area contributed by atoms with Crippen molar-refractivity contribution < 1.29 is 24.2 Å². The zero-order valence-electron chi connectivity index (χ0n) is 13.3. The van der Waals surface area contributed by atoms with Crippen molar-refractivity contribution >= 4 is 11.9 Å². The van der Waals surface area contributed by atoms with Crippen LogP contribution in [0.25, 0.3) is 0 Å². The largest absolute Gasteiger partial charge is 0.494 e. The average molecular weight is 321 g/mol. The van der Waals surface area contributed by atoms with Crippen LogP contribution in [-0.4, -0.2) is 36.2 Å². The summed E-state index contributed by atoms with van der Waals surface area (Å²) in [7, 11) is 0. The maximum atomic E-state index is 11.8. The molecule has 1 unspecified atom stereocenters. The van der Waals surface area contributed by atoms with Crippen molar-refractivity contribution in [2.24, 2.45) is 5.92 Å². The normalized spacial score (nSPS) is 14.8. The van der Waals surface area contributed by atoms with Crippen LogP contribution in [0.1, 0.15) is 32.6 Å². The van der Waals surface area contributed by atoms with Crippen molar-refractivity contribution in [3.8, 4) is 11.5 Å². The van der Waals surface area contributed by atoms with Crippen LogP contribution in [0, 0.1) is 5.92 Å². The Labute approximate surface area is 135 Å². The Bertz CT molecular complexity index is 524. The molecule has 0 spiro atoms. The zero-order chi connectivity index (χ0) is 16.7. The molecule has 1 amide bonds. The first-order chi connectivity index (χ1) is 11.1. The van der Waals surface area contributed by atoms with Crippen LogP contribution in [0.5, 0.6) is 11.5 Å². The number of ether oxygens (including phenoxy) is 2. The molecule has 2 rings (SSSR count). The van der Waals surface area contributed by atoms with Crippen molar-refractivity contribution in [3.63, 3.8) is 0 Å². The molecule has 1 fully saturated rings. The van der Waals surface area contributed by atoms with E-state index in [4.69, 9.17) is 14.6 Å². The summed E-state index contributed by atoms with van der Waals surface area (Å²) in [6, 6.07) is 6.56. The predicted octanol–water partition coefficient (Wildman–Crippen LogP) is 2.22. The molecule has 0 saturated heterocycles. The summed E-state index contributed by atoms with van der Waals surface area (Å²) in [5, 5.41) is 11.7. The van der Waals surface area contributed by atoms with E-state index in [-0.39, 0.29) is 18.2 Å². The van der Waals surface area contributed by atoms with E-state index in [9.17, 15) is 9.59 Å². The summed E-state index contributed by atoms with van der Waals surface area (Å²) in [4.78, 5) is 22.8. The molecule has 6 nitrogen and oxygen atoms in total. The number of amides is 1. The molecule has 1 aliphatic rings. The maximum absolute atomic E-state index is 11.8. The van der Waals surface area contributed by atoms with Gasteiger partial charge >= 0.3 is 5.97 Å². The second-order valence-electron chi connectivity index (χ2n) is 5.58. The lowest BCUT2D eigenvalue weighted by Gasteiger charge is -2.13. The van der Waals surface area contributed by atoms with Crippen molar-refractivity contribution in [1.29, 1.82) is 0 Å². The highest BCUT2D eigenvalue weighted by atomic mass is 16.5. The van der Waals surface area contributed by atoms with E-state index in [0.717, 1.165) is 24.3 Å². The quantitative estimate of drug-likeness (QED) is 0.646. The fourth-order valence-electron chi connectivity index (χ4n) is 2.28. The summed E-state index contributed by atoms with van der Waals surface area (Å²) in [6.07, 6.45) is 2.54. The first-order valence-corrected chi connectivity index (χ1v) is 7.98. The number of hydrogen-bond acceptors (Lipinski definition) is 4. The van der Waals surface area contributed by atoms with Gasteiger partial charge in [0.15, 0.2) is 0 Å². The molecule has 0 radical (unpaired) electrons. The Balaban J connectivity index is 1.64. The molecular weight excluding hydrogens is 298 g/mol. The molecule has 1 aromatic rings. The molecule has 23 heavy (non-hydrogen) atoms. The summed E-state index contributed by atoms with van der Waals surface area (Å²) in [5.74, 6) is 0.414. The van der Waals surface area contributed by atoms with E-state index in [2.05, 4.69) is 5.32 Å². The second-order valence-corrected chi connectivity index (χ2v) is 5.58. The monoisotopic (exact) mass is 321 g/mol. The SMILES string of the molecule is CCOc1ccc(OCCCC(=O)NC(C(=O)O)C2CC2)cc1. The van der Waals surface area contributed by atoms with Crippen LogP contribution in [-0.2, 0) is 9.59 Å². The average Bonchev–Trinajstić information content (AvgIpc) is 3.35. The molecule has 1 saturated carbocycles. The van der Waals surface area contributed by atoms with Gasteiger partial charge in [0.2, 0.25) is 5.91 Å². The maximum Gasteiger partial charge on any atom is 0.326 e. The highest BCUT2D eigenvalue weighted by Crippen LogP contribution is 2.32. The van der Waals surface area contributed by atoms with Crippen molar-refractivity contribution in [3.05, 3.63) is 24.3 Å². The lowest BCUT2D eigenvalue weighted by molar-refractivity contribution is -0.142. The van der Waals surface area contributed by atoms with Crippen molar-refractivity contribution in [1.82, 2.24) is 5.32 Å². The number of benzene rings is 1. The molecule has 0 heterocycles. The molecule has 6 heteroatoms. The van der Waals surface area contributed by atoms with Gasteiger partial charge in [-0.05, 0) is 56.4 Å². The van der Waals surface area contributed by atoms with Gasteiger partial charge in [0.1, 0.15) is 17.5 Å².